The molecular weight excluding hydrogens is 522 g/mol. The maximum atomic E-state index is 13.3. The highest BCUT2D eigenvalue weighted by Gasteiger charge is 2.32. The molecule has 1 aromatic carbocycles. The fourth-order valence-electron chi connectivity index (χ4n) is 4.73. The minimum Gasteiger partial charge on any atom is -0.488 e. The average molecular weight is 562 g/mol. The summed E-state index contributed by atoms with van der Waals surface area (Å²) >= 11 is 0. The van der Waals surface area contributed by atoms with Gasteiger partial charge in [0.2, 0.25) is 11.9 Å². The van der Waals surface area contributed by atoms with Crippen molar-refractivity contribution in [1.82, 2.24) is 15.0 Å². The van der Waals surface area contributed by atoms with Crippen LogP contribution in [-0.4, -0.2) is 57.7 Å². The molecule has 2 N–H and O–H groups in total. The monoisotopic (exact) mass is 561 g/mol. The van der Waals surface area contributed by atoms with Crippen molar-refractivity contribution in [3.8, 4) is 11.6 Å². The lowest BCUT2D eigenvalue weighted by molar-refractivity contribution is -0.146. The lowest BCUT2D eigenvalue weighted by Gasteiger charge is -2.33. The summed E-state index contributed by atoms with van der Waals surface area (Å²) in [6.07, 6.45) is 5.43. The summed E-state index contributed by atoms with van der Waals surface area (Å²) in [6, 6.07) is 13.0. The molecule has 10 heteroatoms. The van der Waals surface area contributed by atoms with Crippen LogP contribution in [0.4, 0.5) is 11.8 Å². The molecule has 2 aromatic heterocycles. The van der Waals surface area contributed by atoms with Crippen molar-refractivity contribution < 1.29 is 24.2 Å². The molecule has 1 aliphatic heterocycles. The number of carbonyl (C=O) groups is 2. The molecule has 0 bridgehead atoms. The first-order chi connectivity index (χ1) is 19.5. The van der Waals surface area contributed by atoms with Crippen molar-refractivity contribution in [1.29, 1.82) is 0 Å². The third-order valence-corrected chi connectivity index (χ3v) is 7.35. The molecule has 0 spiro atoms. The van der Waals surface area contributed by atoms with Crippen LogP contribution < -0.4 is 19.7 Å². The molecule has 3 aromatic rings. The van der Waals surface area contributed by atoms with Crippen LogP contribution in [0.5, 0.6) is 11.6 Å². The highest BCUT2D eigenvalue weighted by Crippen LogP contribution is 2.29. The van der Waals surface area contributed by atoms with Gasteiger partial charge in [0.15, 0.2) is 5.75 Å². The summed E-state index contributed by atoms with van der Waals surface area (Å²) in [5.41, 5.74) is -0.0396. The number of ether oxygens (including phenoxy) is 2. The summed E-state index contributed by atoms with van der Waals surface area (Å²) in [4.78, 5) is 40.2. The van der Waals surface area contributed by atoms with Gasteiger partial charge in [-0.1, -0.05) is 24.3 Å². The van der Waals surface area contributed by atoms with E-state index in [-0.39, 0.29) is 18.0 Å². The van der Waals surface area contributed by atoms with Gasteiger partial charge >= 0.3 is 5.97 Å². The third-order valence-electron chi connectivity index (χ3n) is 7.35. The molecule has 0 unspecified atom stereocenters. The minimum atomic E-state index is -0.873. The van der Waals surface area contributed by atoms with E-state index in [0.29, 0.717) is 37.0 Å². The maximum Gasteiger partial charge on any atom is 0.309 e. The van der Waals surface area contributed by atoms with Gasteiger partial charge in [-0.25, -0.2) is 9.97 Å². The zero-order valence-corrected chi connectivity index (χ0v) is 24.4. The van der Waals surface area contributed by atoms with Crippen molar-refractivity contribution in [2.45, 2.75) is 65.4 Å². The zero-order chi connectivity index (χ0) is 29.6. The van der Waals surface area contributed by atoms with E-state index in [4.69, 9.17) is 9.47 Å². The molecule has 1 saturated heterocycles. The van der Waals surface area contributed by atoms with Crippen LogP contribution in [0, 0.1) is 5.41 Å². The molecule has 1 fully saturated rings. The second kappa shape index (κ2) is 12.5. The molecule has 1 atom stereocenters. The van der Waals surface area contributed by atoms with Crippen LogP contribution >= 0.6 is 0 Å². The van der Waals surface area contributed by atoms with E-state index in [1.807, 2.05) is 63.2 Å². The van der Waals surface area contributed by atoms with Crippen LogP contribution in [0.3, 0.4) is 0 Å². The predicted molar refractivity (Wildman–Crippen MR) is 157 cm³/mol. The Hall–Kier alpha value is -4.21. The zero-order valence-electron chi connectivity index (χ0n) is 24.4. The van der Waals surface area contributed by atoms with E-state index >= 15 is 0 Å². The molecule has 0 aliphatic carbocycles. The highest BCUT2D eigenvalue weighted by molar-refractivity contribution is 5.97. The normalized spacial score (nSPS) is 15.7. The Labute approximate surface area is 241 Å². The van der Waals surface area contributed by atoms with Crippen molar-refractivity contribution >= 4 is 23.6 Å². The first kappa shape index (κ1) is 29.8. The Bertz CT molecular complexity index is 1360. The Morgan fingerprint density at radius 3 is 2.54 bits per heavy atom. The topological polar surface area (TPSA) is 127 Å². The van der Waals surface area contributed by atoms with E-state index in [0.717, 1.165) is 30.5 Å². The van der Waals surface area contributed by atoms with Gasteiger partial charge in [-0.3, -0.25) is 14.9 Å². The van der Waals surface area contributed by atoms with Gasteiger partial charge in [0.25, 0.3) is 5.88 Å². The Balaban J connectivity index is 1.41. The molecule has 1 amide bonds. The number of carboxylic acid groups (broad SMARTS) is 1. The Kier molecular flexibility index (Phi) is 9.10. The van der Waals surface area contributed by atoms with Gasteiger partial charge in [0.05, 0.1) is 24.0 Å². The molecule has 10 nitrogen and oxygen atoms in total. The predicted octanol–water partition coefficient (Wildman–Crippen LogP) is 4.89. The van der Waals surface area contributed by atoms with Crippen molar-refractivity contribution in [3.63, 3.8) is 0 Å². The smallest absolute Gasteiger partial charge is 0.309 e. The molecule has 41 heavy (non-hydrogen) atoms. The maximum absolute atomic E-state index is 13.3. The number of aromatic nitrogens is 3. The van der Waals surface area contributed by atoms with Crippen molar-refractivity contribution in [2.75, 3.05) is 29.9 Å². The third kappa shape index (κ3) is 7.31. The molecular formula is C31H39N5O5. The number of rotatable bonds is 11. The molecule has 0 radical (unpaired) electrons. The molecule has 3 heterocycles. The van der Waals surface area contributed by atoms with E-state index in [1.165, 1.54) is 0 Å². The van der Waals surface area contributed by atoms with Gasteiger partial charge in [-0.05, 0) is 83.2 Å². The molecule has 0 saturated carbocycles. The minimum absolute atomic E-state index is 0.0890. The molecule has 1 aliphatic rings. The Morgan fingerprint density at radius 2 is 1.83 bits per heavy atom. The number of hydrogen-bond donors (Lipinski definition) is 2. The van der Waals surface area contributed by atoms with Gasteiger partial charge in [-0.2, -0.15) is 4.98 Å². The number of aliphatic carboxylic acids is 1. The SMILES string of the molecule is CCOc1cccnc1O[C@@H]1CCCN(c2ccnc(NC(=O)C(C)(C)c3ccc(CC(C)(C)C(=O)O)cc3)n2)C1. The number of anilines is 2. The fraction of sp³-hybridized carbons (Fsp3) is 0.452. The van der Waals surface area contributed by atoms with E-state index < -0.39 is 16.8 Å². The van der Waals surface area contributed by atoms with Gasteiger partial charge in [0.1, 0.15) is 11.9 Å². The van der Waals surface area contributed by atoms with Crippen LogP contribution in [0.1, 0.15) is 58.6 Å². The van der Waals surface area contributed by atoms with Crippen LogP contribution in [0.15, 0.2) is 54.9 Å². The highest BCUT2D eigenvalue weighted by atomic mass is 16.5. The van der Waals surface area contributed by atoms with Gasteiger partial charge in [0, 0.05) is 18.9 Å². The standard InChI is InChI=1S/C31H39N5O5/c1-6-40-24-10-7-16-32-26(24)41-23-9-8-18-36(20-23)25-15-17-33-29(34-25)35-27(37)31(4,5)22-13-11-21(12-14-22)19-30(2,3)28(38)39/h7,10-17,23H,6,8-9,18-20H2,1-5H3,(H,38,39)(H,33,34,35,37)/t23-/m1/s1. The fourth-order valence-corrected chi connectivity index (χ4v) is 4.73. The second-order valence-corrected chi connectivity index (χ2v) is 11.4. The van der Waals surface area contributed by atoms with Crippen LogP contribution in [0.2, 0.25) is 0 Å². The summed E-state index contributed by atoms with van der Waals surface area (Å²) < 4.78 is 11.9. The van der Waals surface area contributed by atoms with Crippen molar-refractivity contribution in [3.05, 3.63) is 66.0 Å². The quantitative estimate of drug-likeness (QED) is 0.336. The first-order valence-electron chi connectivity index (χ1n) is 14.0. The van der Waals surface area contributed by atoms with E-state index in [1.54, 1.807) is 26.2 Å². The van der Waals surface area contributed by atoms with Crippen LogP contribution in [0.25, 0.3) is 0 Å². The van der Waals surface area contributed by atoms with E-state index in [9.17, 15) is 14.7 Å². The molecule has 218 valence electrons. The number of carbonyl (C=O) groups excluding carboxylic acids is 1. The number of hydrogen-bond acceptors (Lipinski definition) is 8. The summed E-state index contributed by atoms with van der Waals surface area (Å²) in [7, 11) is 0. The van der Waals surface area contributed by atoms with E-state index in [2.05, 4.69) is 25.2 Å². The number of nitrogens with one attached hydrogen (secondary N) is 1. The summed E-state index contributed by atoms with van der Waals surface area (Å²) in [6.45, 7) is 10.9. The Morgan fingerprint density at radius 1 is 1.07 bits per heavy atom. The molecule has 4 rings (SSSR count). The summed E-state index contributed by atoms with van der Waals surface area (Å²) in [5.74, 6) is 0.953. The lowest BCUT2D eigenvalue weighted by atomic mass is 9.81. The van der Waals surface area contributed by atoms with Crippen molar-refractivity contribution in [2.24, 2.45) is 5.41 Å². The largest absolute Gasteiger partial charge is 0.488 e. The first-order valence-corrected chi connectivity index (χ1v) is 14.0. The van der Waals surface area contributed by atoms with Gasteiger partial charge < -0.3 is 19.5 Å². The number of nitrogens with zero attached hydrogens (tertiary/aromatic N) is 4. The van der Waals surface area contributed by atoms with Gasteiger partial charge in [-0.15, -0.1) is 0 Å². The van der Waals surface area contributed by atoms with Crippen LogP contribution in [-0.2, 0) is 21.4 Å². The number of pyridine rings is 1. The summed E-state index contributed by atoms with van der Waals surface area (Å²) in [5, 5.41) is 12.3. The number of benzene rings is 1. The average Bonchev–Trinajstić information content (AvgIpc) is 2.94. The number of amides is 1. The number of carboxylic acids is 1. The second-order valence-electron chi connectivity index (χ2n) is 11.4. The number of piperidine rings is 1. The lowest BCUT2D eigenvalue weighted by Crippen LogP contribution is -2.42.